The molecule has 2 saturated carbocycles. The van der Waals surface area contributed by atoms with Crippen LogP contribution in [-0.2, 0) is 11.0 Å². The molecule has 1 saturated heterocycles. The number of ether oxygens (including phenoxy) is 2. The summed E-state index contributed by atoms with van der Waals surface area (Å²) in [6.07, 6.45) is 3.13. The van der Waals surface area contributed by atoms with E-state index < -0.39 is 23.7 Å². The van der Waals surface area contributed by atoms with Crippen LogP contribution in [0.4, 0.5) is 23.7 Å². The minimum absolute atomic E-state index is 0.0565. The van der Waals surface area contributed by atoms with Crippen LogP contribution in [0, 0.1) is 0 Å². The molecule has 2 aliphatic carbocycles. The Bertz CT molecular complexity index is 1390. The number of aromatic nitrogens is 3. The van der Waals surface area contributed by atoms with Crippen molar-refractivity contribution in [3.05, 3.63) is 48.5 Å². The Morgan fingerprint density at radius 1 is 0.895 bits per heavy atom. The molecule has 3 heterocycles. The molecule has 0 radical (unpaired) electrons. The zero-order valence-electron chi connectivity index (χ0n) is 20.2. The highest BCUT2D eigenvalue weighted by Crippen LogP contribution is 2.35. The minimum Gasteiger partial charge on any atom is -0.490 e. The van der Waals surface area contributed by atoms with E-state index in [-0.39, 0.29) is 30.5 Å². The van der Waals surface area contributed by atoms with E-state index in [1.54, 1.807) is 0 Å². The number of pyridine rings is 1. The molecule has 3 fully saturated rings. The van der Waals surface area contributed by atoms with Crippen LogP contribution in [0.3, 0.4) is 0 Å². The van der Waals surface area contributed by atoms with E-state index in [2.05, 4.69) is 15.0 Å². The summed E-state index contributed by atoms with van der Waals surface area (Å²) in [5, 5.41) is 0.771. The average Bonchev–Trinajstić information content (AvgIpc) is 3.66. The van der Waals surface area contributed by atoms with Crippen LogP contribution >= 0.6 is 0 Å². The number of alkyl halides is 3. The van der Waals surface area contributed by atoms with Crippen LogP contribution in [0.2, 0.25) is 0 Å². The second-order valence-corrected chi connectivity index (χ2v) is 9.79. The quantitative estimate of drug-likeness (QED) is 0.427. The molecule has 3 aliphatic rings. The highest BCUT2D eigenvalue weighted by atomic mass is 19.4. The molecule has 2 aromatic heterocycles. The Balaban J connectivity index is 1.10. The minimum atomic E-state index is -4.60. The number of fused-ring (bicyclic) bond motifs is 1. The SMILES string of the molecule is O=C1CN(c2cncc(C(F)(F)F)c2)C(=O)N1[C@H]1CC[C@H](Oc2ncnc3cc(OC4CC4)ccc23)CC1. The first-order chi connectivity index (χ1) is 18.3. The van der Waals surface area contributed by atoms with Gasteiger partial charge in [0, 0.05) is 18.3 Å². The number of carbonyl (C=O) groups is 2. The van der Waals surface area contributed by atoms with Gasteiger partial charge in [0.05, 0.1) is 34.5 Å². The maximum atomic E-state index is 13.1. The summed E-state index contributed by atoms with van der Waals surface area (Å²) >= 11 is 0. The lowest BCUT2D eigenvalue weighted by atomic mass is 9.92. The van der Waals surface area contributed by atoms with E-state index in [1.807, 2.05) is 18.2 Å². The third-order valence-electron chi connectivity index (χ3n) is 7.05. The van der Waals surface area contributed by atoms with Crippen molar-refractivity contribution in [2.75, 3.05) is 11.4 Å². The number of hydrogen-bond donors (Lipinski definition) is 0. The van der Waals surface area contributed by atoms with Crippen molar-refractivity contribution < 1.29 is 32.2 Å². The Morgan fingerprint density at radius 3 is 2.37 bits per heavy atom. The second kappa shape index (κ2) is 9.41. The number of imide groups is 1. The maximum Gasteiger partial charge on any atom is 0.417 e. The van der Waals surface area contributed by atoms with Gasteiger partial charge in [-0.3, -0.25) is 19.6 Å². The third kappa shape index (κ3) is 4.82. The molecule has 0 bridgehead atoms. The zero-order valence-corrected chi connectivity index (χ0v) is 20.2. The van der Waals surface area contributed by atoms with Crippen molar-refractivity contribution in [3.8, 4) is 11.6 Å². The largest absolute Gasteiger partial charge is 0.490 e. The van der Waals surface area contributed by atoms with E-state index in [4.69, 9.17) is 9.47 Å². The van der Waals surface area contributed by atoms with Gasteiger partial charge in [-0.1, -0.05) is 0 Å². The molecule has 6 rings (SSSR count). The Kier molecular flexibility index (Phi) is 6.04. The fraction of sp³-hybridized carbons (Fsp3) is 0.423. The van der Waals surface area contributed by atoms with Gasteiger partial charge in [0.1, 0.15) is 24.7 Å². The summed E-state index contributed by atoms with van der Waals surface area (Å²) in [5.41, 5.74) is -0.312. The van der Waals surface area contributed by atoms with Gasteiger partial charge in [-0.15, -0.1) is 0 Å². The van der Waals surface area contributed by atoms with Gasteiger partial charge in [0.25, 0.3) is 5.91 Å². The second-order valence-electron chi connectivity index (χ2n) is 9.79. The fourth-order valence-corrected chi connectivity index (χ4v) is 4.94. The molecular formula is C26H24F3N5O4. The van der Waals surface area contributed by atoms with Crippen molar-refractivity contribution in [2.45, 2.75) is 63.0 Å². The van der Waals surface area contributed by atoms with Gasteiger partial charge in [-0.25, -0.2) is 14.8 Å². The number of hydrogen-bond acceptors (Lipinski definition) is 7. The molecule has 1 aliphatic heterocycles. The van der Waals surface area contributed by atoms with Gasteiger partial charge in [0.15, 0.2) is 0 Å². The number of nitrogens with zero attached hydrogens (tertiary/aromatic N) is 5. The number of benzene rings is 1. The molecule has 38 heavy (non-hydrogen) atoms. The number of carbonyl (C=O) groups excluding carboxylic acids is 2. The molecule has 0 atom stereocenters. The first-order valence-corrected chi connectivity index (χ1v) is 12.5. The predicted octanol–water partition coefficient (Wildman–Crippen LogP) is 4.74. The third-order valence-corrected chi connectivity index (χ3v) is 7.05. The smallest absolute Gasteiger partial charge is 0.417 e. The lowest BCUT2D eigenvalue weighted by Crippen LogP contribution is -2.44. The van der Waals surface area contributed by atoms with Crippen molar-refractivity contribution in [2.24, 2.45) is 0 Å². The molecule has 1 aromatic carbocycles. The van der Waals surface area contributed by atoms with Gasteiger partial charge in [-0.05, 0) is 56.7 Å². The van der Waals surface area contributed by atoms with Crippen LogP contribution in [0.15, 0.2) is 43.0 Å². The normalized spacial score (nSPS) is 22.3. The van der Waals surface area contributed by atoms with E-state index >= 15 is 0 Å². The fourth-order valence-electron chi connectivity index (χ4n) is 4.94. The summed E-state index contributed by atoms with van der Waals surface area (Å²) in [6.45, 7) is -0.322. The molecule has 0 spiro atoms. The molecule has 198 valence electrons. The van der Waals surface area contributed by atoms with E-state index in [1.165, 1.54) is 6.33 Å². The van der Waals surface area contributed by atoms with Crippen LogP contribution < -0.4 is 14.4 Å². The lowest BCUT2D eigenvalue weighted by molar-refractivity contribution is -0.137. The Morgan fingerprint density at radius 2 is 1.63 bits per heavy atom. The van der Waals surface area contributed by atoms with Gasteiger partial charge < -0.3 is 9.47 Å². The van der Waals surface area contributed by atoms with Crippen LogP contribution in [-0.4, -0.2) is 56.6 Å². The summed E-state index contributed by atoms with van der Waals surface area (Å²) < 4.78 is 51.3. The first-order valence-electron chi connectivity index (χ1n) is 12.5. The zero-order chi connectivity index (χ0) is 26.4. The number of rotatable bonds is 6. The molecule has 0 unspecified atom stereocenters. The predicted molar refractivity (Wildman–Crippen MR) is 129 cm³/mol. The number of urea groups is 1. The van der Waals surface area contributed by atoms with Crippen molar-refractivity contribution in [1.29, 1.82) is 0 Å². The number of anilines is 1. The van der Waals surface area contributed by atoms with Gasteiger partial charge in [0.2, 0.25) is 5.88 Å². The average molecular weight is 528 g/mol. The molecular weight excluding hydrogens is 503 g/mol. The van der Waals surface area contributed by atoms with Crippen molar-refractivity contribution >= 4 is 28.5 Å². The number of amides is 3. The van der Waals surface area contributed by atoms with E-state index in [0.717, 1.165) is 51.6 Å². The summed E-state index contributed by atoms with van der Waals surface area (Å²) in [5.74, 6) is 0.788. The molecule has 3 aromatic rings. The lowest BCUT2D eigenvalue weighted by Gasteiger charge is -2.33. The molecule has 9 nitrogen and oxygen atoms in total. The van der Waals surface area contributed by atoms with Crippen molar-refractivity contribution in [3.63, 3.8) is 0 Å². The van der Waals surface area contributed by atoms with E-state index in [9.17, 15) is 22.8 Å². The van der Waals surface area contributed by atoms with Gasteiger partial charge in [-0.2, -0.15) is 13.2 Å². The summed E-state index contributed by atoms with van der Waals surface area (Å²) in [4.78, 5) is 40.2. The topological polar surface area (TPSA) is 97.8 Å². The highest BCUT2D eigenvalue weighted by molar-refractivity contribution is 6.12. The standard InChI is InChI=1S/C26H24F3N5O4/c27-26(28,29)15-9-17(12-30-11-15)33-13-23(35)34(25(33)36)16-1-3-19(4-2-16)38-24-21-8-7-20(37-18-5-6-18)10-22(21)31-14-32-24/h7-12,14,16,18-19H,1-6,13H2/t16-,19-. The van der Waals surface area contributed by atoms with E-state index in [0.29, 0.717) is 37.8 Å². The van der Waals surface area contributed by atoms with Crippen LogP contribution in [0.1, 0.15) is 44.1 Å². The maximum absolute atomic E-state index is 13.1. The molecule has 12 heteroatoms. The summed E-state index contributed by atoms with van der Waals surface area (Å²) in [7, 11) is 0. The van der Waals surface area contributed by atoms with Crippen molar-refractivity contribution in [1.82, 2.24) is 19.9 Å². The van der Waals surface area contributed by atoms with Gasteiger partial charge >= 0.3 is 12.2 Å². The molecule has 0 N–H and O–H groups in total. The number of halogens is 3. The Labute approximate surface area is 215 Å². The highest BCUT2D eigenvalue weighted by Gasteiger charge is 2.43. The Hall–Kier alpha value is -3.96. The molecule has 3 amide bonds. The summed E-state index contributed by atoms with van der Waals surface area (Å²) in [6, 6.07) is 5.47. The van der Waals surface area contributed by atoms with Crippen LogP contribution in [0.5, 0.6) is 11.6 Å². The first kappa shape index (κ1) is 24.4. The monoisotopic (exact) mass is 527 g/mol. The van der Waals surface area contributed by atoms with Crippen LogP contribution in [0.25, 0.3) is 10.9 Å².